The molecule has 0 radical (unpaired) electrons. The van der Waals surface area contributed by atoms with E-state index in [1.165, 1.54) is 23.6 Å². The van der Waals surface area contributed by atoms with Gasteiger partial charge in [-0.3, -0.25) is 4.72 Å². The zero-order valence-corrected chi connectivity index (χ0v) is 11.3. The topological polar surface area (TPSA) is 98.0 Å². The highest BCUT2D eigenvalue weighted by atomic mass is 32.2. The molecule has 0 spiro atoms. The van der Waals surface area contributed by atoms with E-state index < -0.39 is 10.0 Å². The van der Waals surface area contributed by atoms with Crippen molar-refractivity contribution in [1.29, 1.82) is 0 Å². The lowest BCUT2D eigenvalue weighted by atomic mass is 10.3. The molecule has 0 fully saturated rings. The summed E-state index contributed by atoms with van der Waals surface area (Å²) in [6.07, 6.45) is 3.05. The van der Waals surface area contributed by atoms with E-state index in [1.54, 1.807) is 12.3 Å². The normalized spacial score (nSPS) is 11.4. The number of anilines is 1. The highest BCUT2D eigenvalue weighted by Gasteiger charge is 2.17. The predicted octanol–water partition coefficient (Wildman–Crippen LogP) is 1.11. The van der Waals surface area contributed by atoms with E-state index in [0.29, 0.717) is 11.7 Å². The van der Waals surface area contributed by atoms with Crippen LogP contribution in [0.1, 0.15) is 10.4 Å². The van der Waals surface area contributed by atoms with Gasteiger partial charge in [0.2, 0.25) is 0 Å². The van der Waals surface area contributed by atoms with Gasteiger partial charge in [0, 0.05) is 23.8 Å². The number of nitrogens with zero attached hydrogens (tertiary/aromatic N) is 2. The number of nitrogens with one attached hydrogen (secondary N) is 1. The van der Waals surface area contributed by atoms with Crippen molar-refractivity contribution < 1.29 is 8.42 Å². The lowest BCUT2D eigenvalue weighted by Crippen LogP contribution is -2.14. The Labute approximate surface area is 109 Å². The Morgan fingerprint density at radius 3 is 2.61 bits per heavy atom. The Hall–Kier alpha value is -1.51. The van der Waals surface area contributed by atoms with Crippen molar-refractivity contribution in [3.8, 4) is 0 Å². The standard InChI is InChI=1S/C10H12N4O2S2/c1-7-5-13-10(17-7)14-18(15,16)9-3-2-8(4-11)6-12-9/h2-3,5-6H,4,11H2,1H3,(H,13,14). The zero-order valence-electron chi connectivity index (χ0n) is 9.62. The van der Waals surface area contributed by atoms with Crippen LogP contribution in [0.2, 0.25) is 0 Å². The number of hydrogen-bond donors (Lipinski definition) is 2. The van der Waals surface area contributed by atoms with Crippen LogP contribution in [0.3, 0.4) is 0 Å². The van der Waals surface area contributed by atoms with E-state index in [2.05, 4.69) is 14.7 Å². The Bertz CT molecular complexity index is 634. The Morgan fingerprint density at radius 1 is 1.33 bits per heavy atom. The molecule has 0 amide bonds. The van der Waals surface area contributed by atoms with Gasteiger partial charge < -0.3 is 5.73 Å². The molecule has 6 nitrogen and oxygen atoms in total. The average molecular weight is 284 g/mol. The molecule has 0 saturated heterocycles. The van der Waals surface area contributed by atoms with Crippen LogP contribution >= 0.6 is 11.3 Å². The fourth-order valence-corrected chi connectivity index (χ4v) is 3.10. The fourth-order valence-electron chi connectivity index (χ4n) is 1.26. The van der Waals surface area contributed by atoms with Crippen molar-refractivity contribution in [2.75, 3.05) is 4.72 Å². The van der Waals surface area contributed by atoms with Crippen molar-refractivity contribution in [3.63, 3.8) is 0 Å². The minimum Gasteiger partial charge on any atom is -0.326 e. The van der Waals surface area contributed by atoms with Crippen LogP contribution in [0, 0.1) is 6.92 Å². The molecule has 96 valence electrons. The van der Waals surface area contributed by atoms with Crippen LogP contribution in [-0.2, 0) is 16.6 Å². The van der Waals surface area contributed by atoms with E-state index in [9.17, 15) is 8.42 Å². The molecule has 2 aromatic heterocycles. The van der Waals surface area contributed by atoms with Gasteiger partial charge in [-0.05, 0) is 18.6 Å². The number of thiazole rings is 1. The second-order valence-corrected chi connectivity index (χ2v) is 6.45. The molecule has 0 unspecified atom stereocenters. The van der Waals surface area contributed by atoms with Gasteiger partial charge in [-0.1, -0.05) is 6.07 Å². The summed E-state index contributed by atoms with van der Waals surface area (Å²) < 4.78 is 26.3. The van der Waals surface area contributed by atoms with Gasteiger partial charge in [0.25, 0.3) is 10.0 Å². The fraction of sp³-hybridized carbons (Fsp3) is 0.200. The minimum absolute atomic E-state index is 0.0486. The first-order valence-corrected chi connectivity index (χ1v) is 7.41. The van der Waals surface area contributed by atoms with Crippen LogP contribution in [0.5, 0.6) is 0 Å². The molecule has 0 bridgehead atoms. The van der Waals surface area contributed by atoms with Gasteiger partial charge in [0.05, 0.1) is 0 Å². The quantitative estimate of drug-likeness (QED) is 0.876. The van der Waals surface area contributed by atoms with Gasteiger partial charge in [0.15, 0.2) is 10.2 Å². The molecule has 0 saturated carbocycles. The monoisotopic (exact) mass is 284 g/mol. The number of aromatic nitrogens is 2. The molecule has 2 heterocycles. The molecule has 0 aliphatic rings. The number of sulfonamides is 1. The molecule has 2 aromatic rings. The van der Waals surface area contributed by atoms with Gasteiger partial charge in [-0.25, -0.2) is 9.97 Å². The summed E-state index contributed by atoms with van der Waals surface area (Å²) in [7, 11) is -3.68. The smallest absolute Gasteiger partial charge is 0.281 e. The summed E-state index contributed by atoms with van der Waals surface area (Å²) >= 11 is 1.27. The maximum atomic E-state index is 12.0. The van der Waals surface area contributed by atoms with E-state index in [1.807, 2.05) is 6.92 Å². The van der Waals surface area contributed by atoms with E-state index >= 15 is 0 Å². The molecule has 0 aliphatic heterocycles. The van der Waals surface area contributed by atoms with E-state index in [0.717, 1.165) is 10.4 Å². The van der Waals surface area contributed by atoms with Gasteiger partial charge in [-0.2, -0.15) is 8.42 Å². The molecular formula is C10H12N4O2S2. The average Bonchev–Trinajstić information content (AvgIpc) is 2.74. The lowest BCUT2D eigenvalue weighted by molar-refractivity contribution is 0.597. The Balaban J connectivity index is 2.24. The summed E-state index contributed by atoms with van der Waals surface area (Å²) in [5, 5.41) is 0.282. The number of hydrogen-bond acceptors (Lipinski definition) is 6. The second-order valence-electron chi connectivity index (χ2n) is 3.59. The Morgan fingerprint density at radius 2 is 2.11 bits per heavy atom. The number of rotatable bonds is 4. The van der Waals surface area contributed by atoms with Crippen molar-refractivity contribution in [1.82, 2.24) is 9.97 Å². The third kappa shape index (κ3) is 2.84. The third-order valence-corrected chi connectivity index (χ3v) is 4.36. The summed E-state index contributed by atoms with van der Waals surface area (Å²) in [6.45, 7) is 2.18. The summed E-state index contributed by atoms with van der Waals surface area (Å²) in [5.41, 5.74) is 6.20. The van der Waals surface area contributed by atoms with Crippen LogP contribution < -0.4 is 10.5 Å². The molecule has 0 aliphatic carbocycles. The van der Waals surface area contributed by atoms with E-state index in [4.69, 9.17) is 5.73 Å². The van der Waals surface area contributed by atoms with Crippen molar-refractivity contribution in [3.05, 3.63) is 35.0 Å². The molecule has 0 atom stereocenters. The van der Waals surface area contributed by atoms with Gasteiger partial charge >= 0.3 is 0 Å². The van der Waals surface area contributed by atoms with Gasteiger partial charge in [-0.15, -0.1) is 11.3 Å². The molecular weight excluding hydrogens is 272 g/mol. The third-order valence-electron chi connectivity index (χ3n) is 2.15. The molecule has 8 heteroatoms. The number of pyridine rings is 1. The van der Waals surface area contributed by atoms with Crippen molar-refractivity contribution >= 4 is 26.5 Å². The predicted molar refractivity (Wildman–Crippen MR) is 69.8 cm³/mol. The van der Waals surface area contributed by atoms with Crippen molar-refractivity contribution in [2.24, 2.45) is 5.73 Å². The van der Waals surface area contributed by atoms with Crippen LogP contribution in [0.4, 0.5) is 5.13 Å². The van der Waals surface area contributed by atoms with Gasteiger partial charge in [0.1, 0.15) is 0 Å². The van der Waals surface area contributed by atoms with Crippen molar-refractivity contribution in [2.45, 2.75) is 18.5 Å². The zero-order chi connectivity index (χ0) is 13.2. The largest absolute Gasteiger partial charge is 0.326 e. The minimum atomic E-state index is -3.68. The first-order chi connectivity index (χ1) is 8.51. The van der Waals surface area contributed by atoms with Crippen LogP contribution in [-0.4, -0.2) is 18.4 Å². The number of nitrogens with two attached hydrogens (primary N) is 1. The SMILES string of the molecule is Cc1cnc(NS(=O)(=O)c2ccc(CN)cn2)s1. The lowest BCUT2D eigenvalue weighted by Gasteiger charge is -2.04. The van der Waals surface area contributed by atoms with Crippen LogP contribution in [0.15, 0.2) is 29.6 Å². The highest BCUT2D eigenvalue weighted by molar-refractivity contribution is 7.92. The summed E-state index contributed by atoms with van der Waals surface area (Å²) in [5.74, 6) is 0. The molecule has 0 aromatic carbocycles. The van der Waals surface area contributed by atoms with Crippen LogP contribution in [0.25, 0.3) is 0 Å². The summed E-state index contributed by atoms with van der Waals surface area (Å²) in [6, 6.07) is 3.06. The summed E-state index contributed by atoms with van der Waals surface area (Å²) in [4.78, 5) is 8.74. The maximum absolute atomic E-state index is 12.0. The maximum Gasteiger partial charge on any atom is 0.281 e. The first kappa shape index (κ1) is 12.9. The number of aryl methyl sites for hydroxylation is 1. The molecule has 3 N–H and O–H groups in total. The first-order valence-electron chi connectivity index (χ1n) is 5.11. The molecule has 2 rings (SSSR count). The highest BCUT2D eigenvalue weighted by Crippen LogP contribution is 2.20. The second kappa shape index (κ2) is 5.01. The van der Waals surface area contributed by atoms with E-state index in [-0.39, 0.29) is 5.03 Å². The Kier molecular flexibility index (Phi) is 3.60. The molecule has 18 heavy (non-hydrogen) atoms.